The monoisotopic (exact) mass is 267 g/mol. The van der Waals surface area contributed by atoms with Crippen molar-refractivity contribution in [2.75, 3.05) is 13.2 Å². The van der Waals surface area contributed by atoms with Crippen LogP contribution in [0, 0.1) is 11.7 Å². The number of rotatable bonds is 6. The van der Waals surface area contributed by atoms with Gasteiger partial charge in [-0.2, -0.15) is 0 Å². The zero-order valence-corrected chi connectivity index (χ0v) is 11.7. The SMILES string of the molecule is CCC(CO)C(=O)NCC(C)(C)c1ccccc1F. The lowest BCUT2D eigenvalue weighted by Gasteiger charge is -2.27. The summed E-state index contributed by atoms with van der Waals surface area (Å²) >= 11 is 0. The number of aliphatic hydroxyl groups is 1. The van der Waals surface area contributed by atoms with Crippen molar-refractivity contribution >= 4 is 5.91 Å². The van der Waals surface area contributed by atoms with Crippen LogP contribution >= 0.6 is 0 Å². The van der Waals surface area contributed by atoms with E-state index in [-0.39, 0.29) is 18.3 Å². The van der Waals surface area contributed by atoms with Gasteiger partial charge in [0.25, 0.3) is 0 Å². The molecule has 3 nitrogen and oxygen atoms in total. The number of halogens is 1. The lowest BCUT2D eigenvalue weighted by molar-refractivity contribution is -0.126. The number of hydrogen-bond donors (Lipinski definition) is 2. The van der Waals surface area contributed by atoms with Crippen molar-refractivity contribution in [2.45, 2.75) is 32.6 Å². The van der Waals surface area contributed by atoms with Crippen molar-refractivity contribution in [3.05, 3.63) is 35.6 Å². The van der Waals surface area contributed by atoms with Crippen LogP contribution in [0.1, 0.15) is 32.8 Å². The van der Waals surface area contributed by atoms with E-state index in [4.69, 9.17) is 5.11 Å². The fourth-order valence-corrected chi connectivity index (χ4v) is 1.96. The minimum atomic E-state index is -0.491. The van der Waals surface area contributed by atoms with E-state index in [1.54, 1.807) is 18.2 Å². The maximum atomic E-state index is 13.7. The summed E-state index contributed by atoms with van der Waals surface area (Å²) in [6.45, 7) is 5.78. The molecule has 0 saturated carbocycles. The Hall–Kier alpha value is -1.42. The Balaban J connectivity index is 2.71. The summed E-state index contributed by atoms with van der Waals surface area (Å²) in [5.41, 5.74) is 0.0849. The molecular weight excluding hydrogens is 245 g/mol. The van der Waals surface area contributed by atoms with Gasteiger partial charge in [0, 0.05) is 12.0 Å². The Morgan fingerprint density at radius 3 is 2.58 bits per heavy atom. The maximum Gasteiger partial charge on any atom is 0.225 e. The van der Waals surface area contributed by atoms with Gasteiger partial charge in [0.15, 0.2) is 0 Å². The Kier molecular flexibility index (Phi) is 5.48. The number of amides is 1. The Bertz CT molecular complexity index is 428. The quantitative estimate of drug-likeness (QED) is 0.830. The molecule has 1 unspecified atom stereocenters. The maximum absolute atomic E-state index is 13.7. The van der Waals surface area contributed by atoms with Gasteiger partial charge in [0.1, 0.15) is 5.82 Å². The molecule has 0 bridgehead atoms. The first-order valence-electron chi connectivity index (χ1n) is 6.56. The second-order valence-electron chi connectivity index (χ2n) is 5.37. The average Bonchev–Trinajstić information content (AvgIpc) is 2.38. The predicted molar refractivity (Wildman–Crippen MR) is 73.3 cm³/mol. The summed E-state index contributed by atoms with van der Waals surface area (Å²) in [7, 11) is 0. The molecule has 4 heteroatoms. The molecule has 0 saturated heterocycles. The molecule has 1 aromatic rings. The van der Waals surface area contributed by atoms with Gasteiger partial charge in [-0.3, -0.25) is 4.79 Å². The van der Waals surface area contributed by atoms with Crippen LogP contribution in [0.2, 0.25) is 0 Å². The number of benzene rings is 1. The number of carbonyl (C=O) groups is 1. The second-order valence-corrected chi connectivity index (χ2v) is 5.37. The first-order chi connectivity index (χ1) is 8.92. The van der Waals surface area contributed by atoms with E-state index in [0.29, 0.717) is 18.5 Å². The minimum Gasteiger partial charge on any atom is -0.396 e. The van der Waals surface area contributed by atoms with Crippen LogP contribution < -0.4 is 5.32 Å². The highest BCUT2D eigenvalue weighted by molar-refractivity contribution is 5.78. The van der Waals surface area contributed by atoms with Gasteiger partial charge in [-0.05, 0) is 18.1 Å². The average molecular weight is 267 g/mol. The highest BCUT2D eigenvalue weighted by Gasteiger charge is 2.25. The van der Waals surface area contributed by atoms with Crippen LogP contribution in [0.3, 0.4) is 0 Å². The molecule has 0 heterocycles. The standard InChI is InChI=1S/C15H22FNO2/c1-4-11(9-18)14(19)17-10-15(2,3)12-7-5-6-8-13(12)16/h5-8,11,18H,4,9-10H2,1-3H3,(H,17,19). The number of carbonyl (C=O) groups excluding carboxylic acids is 1. The molecule has 106 valence electrons. The van der Waals surface area contributed by atoms with Crippen LogP contribution in [0.4, 0.5) is 4.39 Å². The zero-order chi connectivity index (χ0) is 14.5. The van der Waals surface area contributed by atoms with Crippen molar-refractivity contribution in [2.24, 2.45) is 5.92 Å². The van der Waals surface area contributed by atoms with Crippen LogP contribution in [-0.4, -0.2) is 24.2 Å². The molecule has 0 aliphatic rings. The molecule has 0 spiro atoms. The zero-order valence-electron chi connectivity index (χ0n) is 11.7. The second kappa shape index (κ2) is 6.66. The third kappa shape index (κ3) is 4.03. The highest BCUT2D eigenvalue weighted by atomic mass is 19.1. The Labute approximate surface area is 113 Å². The molecule has 0 aliphatic carbocycles. The minimum absolute atomic E-state index is 0.164. The predicted octanol–water partition coefficient (Wildman–Crippen LogP) is 2.24. The molecule has 1 rings (SSSR count). The molecule has 19 heavy (non-hydrogen) atoms. The fourth-order valence-electron chi connectivity index (χ4n) is 1.96. The van der Waals surface area contributed by atoms with Gasteiger partial charge in [-0.25, -0.2) is 4.39 Å². The third-order valence-corrected chi connectivity index (χ3v) is 3.39. The van der Waals surface area contributed by atoms with Gasteiger partial charge in [-0.15, -0.1) is 0 Å². The van der Waals surface area contributed by atoms with Crippen molar-refractivity contribution in [3.8, 4) is 0 Å². The van der Waals surface area contributed by atoms with Gasteiger partial charge >= 0.3 is 0 Å². The van der Waals surface area contributed by atoms with Crippen molar-refractivity contribution in [1.82, 2.24) is 5.32 Å². The molecule has 0 aliphatic heterocycles. The number of nitrogens with one attached hydrogen (secondary N) is 1. The lowest BCUT2D eigenvalue weighted by atomic mass is 9.84. The van der Waals surface area contributed by atoms with E-state index in [9.17, 15) is 9.18 Å². The van der Waals surface area contributed by atoms with Gasteiger partial charge in [-0.1, -0.05) is 39.0 Å². The summed E-state index contributed by atoms with van der Waals surface area (Å²) in [5.74, 6) is -0.846. The summed E-state index contributed by atoms with van der Waals surface area (Å²) in [5, 5.41) is 11.9. The lowest BCUT2D eigenvalue weighted by Crippen LogP contribution is -2.40. The summed E-state index contributed by atoms with van der Waals surface area (Å²) in [4.78, 5) is 11.8. The summed E-state index contributed by atoms with van der Waals surface area (Å²) < 4.78 is 13.7. The summed E-state index contributed by atoms with van der Waals surface area (Å²) in [6.07, 6.45) is 0.586. The molecule has 0 fully saturated rings. The molecule has 0 radical (unpaired) electrons. The van der Waals surface area contributed by atoms with Crippen molar-refractivity contribution < 1.29 is 14.3 Å². The number of hydrogen-bond acceptors (Lipinski definition) is 2. The smallest absolute Gasteiger partial charge is 0.225 e. The van der Waals surface area contributed by atoms with Gasteiger partial charge in [0.2, 0.25) is 5.91 Å². The van der Waals surface area contributed by atoms with Crippen LogP contribution in [0.5, 0.6) is 0 Å². The topological polar surface area (TPSA) is 49.3 Å². The fraction of sp³-hybridized carbons (Fsp3) is 0.533. The normalized spacial score (nSPS) is 13.1. The first-order valence-corrected chi connectivity index (χ1v) is 6.56. The third-order valence-electron chi connectivity index (χ3n) is 3.39. The van der Waals surface area contributed by atoms with Crippen LogP contribution in [0.15, 0.2) is 24.3 Å². The molecule has 1 atom stereocenters. The van der Waals surface area contributed by atoms with Gasteiger partial charge < -0.3 is 10.4 Å². The molecule has 2 N–H and O–H groups in total. The highest BCUT2D eigenvalue weighted by Crippen LogP contribution is 2.24. The van der Waals surface area contributed by atoms with Crippen molar-refractivity contribution in [3.63, 3.8) is 0 Å². The van der Waals surface area contributed by atoms with E-state index in [1.807, 2.05) is 20.8 Å². The first kappa shape index (κ1) is 15.6. The molecule has 1 aromatic carbocycles. The van der Waals surface area contributed by atoms with E-state index in [2.05, 4.69) is 5.32 Å². The number of aliphatic hydroxyl groups excluding tert-OH is 1. The van der Waals surface area contributed by atoms with Crippen molar-refractivity contribution in [1.29, 1.82) is 0 Å². The van der Waals surface area contributed by atoms with Crippen LogP contribution in [0.25, 0.3) is 0 Å². The van der Waals surface area contributed by atoms with E-state index < -0.39 is 11.3 Å². The van der Waals surface area contributed by atoms with E-state index >= 15 is 0 Å². The molecular formula is C15H22FNO2. The Morgan fingerprint density at radius 2 is 2.05 bits per heavy atom. The van der Waals surface area contributed by atoms with Crippen LogP contribution in [-0.2, 0) is 10.2 Å². The Morgan fingerprint density at radius 1 is 1.42 bits per heavy atom. The largest absolute Gasteiger partial charge is 0.396 e. The van der Waals surface area contributed by atoms with Gasteiger partial charge in [0.05, 0.1) is 12.5 Å². The summed E-state index contributed by atoms with van der Waals surface area (Å²) in [6, 6.07) is 6.57. The molecule has 0 aromatic heterocycles. The molecule has 1 amide bonds. The van der Waals surface area contributed by atoms with E-state index in [1.165, 1.54) is 6.07 Å². The van der Waals surface area contributed by atoms with E-state index in [0.717, 1.165) is 0 Å².